The average Bonchev–Trinajstić information content (AvgIpc) is 2.88. The molecular weight excluding hydrogens is 246 g/mol. The molecule has 3 N–H and O–H groups in total. The van der Waals surface area contributed by atoms with E-state index in [0.717, 1.165) is 36.4 Å². The fourth-order valence-corrected chi connectivity index (χ4v) is 3.25. The summed E-state index contributed by atoms with van der Waals surface area (Å²) in [6, 6.07) is -0.000364. The number of nitrogens with two attached hydrogens (primary N) is 1. The zero-order chi connectivity index (χ0) is 13.2. The molecule has 100 valence electrons. The number of thiazole rings is 1. The van der Waals surface area contributed by atoms with Gasteiger partial charge in [0.2, 0.25) is 5.91 Å². The summed E-state index contributed by atoms with van der Waals surface area (Å²) in [6.45, 7) is 4.61. The molecule has 1 saturated carbocycles. The smallest absolute Gasteiger partial charge is 0.227 e. The van der Waals surface area contributed by atoms with Crippen molar-refractivity contribution in [1.82, 2.24) is 10.3 Å². The van der Waals surface area contributed by atoms with Crippen molar-refractivity contribution in [2.24, 2.45) is 11.1 Å². The van der Waals surface area contributed by atoms with E-state index < -0.39 is 0 Å². The monoisotopic (exact) mass is 267 g/mol. The number of rotatable bonds is 4. The van der Waals surface area contributed by atoms with Crippen LogP contribution in [-0.4, -0.2) is 23.5 Å². The highest BCUT2D eigenvalue weighted by Crippen LogP contribution is 2.36. The van der Waals surface area contributed by atoms with Gasteiger partial charge in [0.1, 0.15) is 0 Å². The van der Waals surface area contributed by atoms with Crippen molar-refractivity contribution < 1.29 is 4.79 Å². The van der Waals surface area contributed by atoms with Crippen LogP contribution in [0.3, 0.4) is 0 Å². The Bertz CT molecular complexity index is 432. The van der Waals surface area contributed by atoms with Crippen molar-refractivity contribution in [3.63, 3.8) is 0 Å². The number of nitrogens with one attached hydrogen (secondary N) is 1. The van der Waals surface area contributed by atoms with E-state index >= 15 is 0 Å². The minimum absolute atomic E-state index is 0.000364. The number of aromatic nitrogens is 1. The molecule has 0 aromatic carbocycles. The van der Waals surface area contributed by atoms with Crippen molar-refractivity contribution in [1.29, 1.82) is 0 Å². The number of carbonyl (C=O) groups is 1. The predicted octanol–water partition coefficient (Wildman–Crippen LogP) is 1.63. The Labute approximate surface area is 112 Å². The molecule has 18 heavy (non-hydrogen) atoms. The van der Waals surface area contributed by atoms with E-state index in [1.165, 1.54) is 0 Å². The van der Waals surface area contributed by atoms with E-state index in [1.54, 1.807) is 11.3 Å². The summed E-state index contributed by atoms with van der Waals surface area (Å²) in [5.41, 5.74) is 6.70. The zero-order valence-corrected chi connectivity index (χ0v) is 11.8. The Morgan fingerprint density at radius 1 is 1.72 bits per heavy atom. The first kappa shape index (κ1) is 13.5. The molecule has 2 atom stereocenters. The van der Waals surface area contributed by atoms with Gasteiger partial charge in [0.05, 0.1) is 10.4 Å². The summed E-state index contributed by atoms with van der Waals surface area (Å²) in [7, 11) is 0. The molecule has 1 heterocycles. The van der Waals surface area contributed by atoms with Gasteiger partial charge >= 0.3 is 0 Å². The second kappa shape index (κ2) is 5.36. The maximum Gasteiger partial charge on any atom is 0.227 e. The van der Waals surface area contributed by atoms with E-state index in [-0.39, 0.29) is 17.4 Å². The van der Waals surface area contributed by atoms with E-state index in [1.807, 2.05) is 19.2 Å². The molecular formula is C13H21N3OS. The van der Waals surface area contributed by atoms with Gasteiger partial charge in [0.25, 0.3) is 0 Å². The van der Waals surface area contributed by atoms with Crippen molar-refractivity contribution in [3.8, 4) is 0 Å². The van der Waals surface area contributed by atoms with Crippen LogP contribution in [0, 0.1) is 12.3 Å². The summed E-state index contributed by atoms with van der Waals surface area (Å²) < 4.78 is 0. The van der Waals surface area contributed by atoms with E-state index in [0.29, 0.717) is 6.54 Å². The lowest BCUT2D eigenvalue weighted by molar-refractivity contribution is -0.130. The normalized spacial score (nSPS) is 27.4. The minimum Gasteiger partial charge on any atom is -0.355 e. The average molecular weight is 267 g/mol. The second-order valence-electron chi connectivity index (χ2n) is 5.30. The molecule has 0 aliphatic heterocycles. The highest BCUT2D eigenvalue weighted by atomic mass is 32.1. The third-order valence-electron chi connectivity index (χ3n) is 3.84. The molecule has 1 aliphatic rings. The molecule has 1 amide bonds. The van der Waals surface area contributed by atoms with E-state index in [4.69, 9.17) is 5.73 Å². The van der Waals surface area contributed by atoms with Gasteiger partial charge < -0.3 is 11.1 Å². The van der Waals surface area contributed by atoms with Gasteiger partial charge in [-0.05, 0) is 26.7 Å². The molecule has 0 spiro atoms. The largest absolute Gasteiger partial charge is 0.355 e. The van der Waals surface area contributed by atoms with Crippen molar-refractivity contribution >= 4 is 17.2 Å². The molecule has 2 unspecified atom stereocenters. The van der Waals surface area contributed by atoms with Gasteiger partial charge in [-0.1, -0.05) is 6.42 Å². The predicted molar refractivity (Wildman–Crippen MR) is 73.5 cm³/mol. The van der Waals surface area contributed by atoms with E-state index in [9.17, 15) is 4.79 Å². The Balaban J connectivity index is 1.81. The van der Waals surface area contributed by atoms with Crippen LogP contribution in [0.2, 0.25) is 0 Å². The van der Waals surface area contributed by atoms with Crippen LogP contribution in [0.1, 0.15) is 36.9 Å². The fourth-order valence-electron chi connectivity index (χ4n) is 2.48. The van der Waals surface area contributed by atoms with E-state index in [2.05, 4.69) is 10.3 Å². The highest BCUT2D eigenvalue weighted by Gasteiger charge is 2.42. The molecule has 2 rings (SSSR count). The van der Waals surface area contributed by atoms with Gasteiger partial charge in [-0.2, -0.15) is 0 Å². The molecule has 1 aromatic rings. The summed E-state index contributed by atoms with van der Waals surface area (Å²) >= 11 is 1.65. The molecule has 1 aromatic heterocycles. The lowest BCUT2D eigenvalue weighted by Gasteiger charge is -2.27. The number of nitrogens with zero attached hydrogens (tertiary/aromatic N) is 1. The van der Waals surface area contributed by atoms with Gasteiger partial charge in [-0.3, -0.25) is 4.79 Å². The number of aryl methyl sites for hydroxylation is 1. The Kier molecular flexibility index (Phi) is 4.02. The number of amides is 1. The standard InChI is InChI=1S/C13H21N3OS/c1-9-8-18-11(16-9)5-7-15-12(17)13(2)6-3-4-10(13)14/h8,10H,3-7,14H2,1-2H3,(H,15,17). The lowest BCUT2D eigenvalue weighted by atomic mass is 9.84. The summed E-state index contributed by atoms with van der Waals surface area (Å²) in [4.78, 5) is 16.5. The van der Waals surface area contributed by atoms with Crippen LogP contribution >= 0.6 is 11.3 Å². The topological polar surface area (TPSA) is 68.0 Å². The number of carbonyl (C=O) groups excluding carboxylic acids is 1. The molecule has 5 heteroatoms. The quantitative estimate of drug-likeness (QED) is 0.871. The van der Waals surface area contributed by atoms with Crippen LogP contribution in [0.4, 0.5) is 0 Å². The summed E-state index contributed by atoms with van der Waals surface area (Å²) in [5, 5.41) is 6.11. The minimum atomic E-state index is -0.376. The van der Waals surface area contributed by atoms with Gasteiger partial charge in [0.15, 0.2) is 0 Å². The van der Waals surface area contributed by atoms with Gasteiger partial charge in [-0.15, -0.1) is 11.3 Å². The SMILES string of the molecule is Cc1csc(CCNC(=O)C2(C)CCCC2N)n1. The van der Waals surface area contributed by atoms with Crippen LogP contribution < -0.4 is 11.1 Å². The molecule has 0 radical (unpaired) electrons. The van der Waals surface area contributed by atoms with Gasteiger partial charge in [0, 0.05) is 30.1 Å². The second-order valence-corrected chi connectivity index (χ2v) is 6.25. The number of hydrogen-bond donors (Lipinski definition) is 2. The molecule has 4 nitrogen and oxygen atoms in total. The van der Waals surface area contributed by atoms with Crippen LogP contribution in [-0.2, 0) is 11.2 Å². The molecule has 1 aliphatic carbocycles. The summed E-state index contributed by atoms with van der Waals surface area (Å²) in [5.74, 6) is 0.0979. The first-order chi connectivity index (χ1) is 8.52. The maximum atomic E-state index is 12.2. The first-order valence-corrected chi connectivity index (χ1v) is 7.35. The Morgan fingerprint density at radius 2 is 2.50 bits per heavy atom. The van der Waals surface area contributed by atoms with Crippen LogP contribution in [0.25, 0.3) is 0 Å². The first-order valence-electron chi connectivity index (χ1n) is 6.47. The van der Waals surface area contributed by atoms with Crippen LogP contribution in [0.15, 0.2) is 5.38 Å². The molecule has 1 fully saturated rings. The Hall–Kier alpha value is -0.940. The Morgan fingerprint density at radius 3 is 3.06 bits per heavy atom. The third kappa shape index (κ3) is 2.72. The maximum absolute atomic E-state index is 12.2. The molecule has 0 saturated heterocycles. The van der Waals surface area contributed by atoms with Crippen molar-refractivity contribution in [2.45, 2.75) is 45.6 Å². The highest BCUT2D eigenvalue weighted by molar-refractivity contribution is 7.09. The van der Waals surface area contributed by atoms with Gasteiger partial charge in [-0.25, -0.2) is 4.98 Å². The van der Waals surface area contributed by atoms with Crippen molar-refractivity contribution in [2.75, 3.05) is 6.54 Å². The third-order valence-corrected chi connectivity index (χ3v) is 4.87. The number of hydrogen-bond acceptors (Lipinski definition) is 4. The van der Waals surface area contributed by atoms with Crippen LogP contribution in [0.5, 0.6) is 0 Å². The van der Waals surface area contributed by atoms with Crippen molar-refractivity contribution in [3.05, 3.63) is 16.1 Å². The zero-order valence-electron chi connectivity index (χ0n) is 11.0. The summed E-state index contributed by atoms with van der Waals surface area (Å²) in [6.07, 6.45) is 3.71. The molecule has 0 bridgehead atoms. The fraction of sp³-hybridized carbons (Fsp3) is 0.692. The lowest BCUT2D eigenvalue weighted by Crippen LogP contribution is -2.47.